The van der Waals surface area contributed by atoms with Gasteiger partial charge in [-0.25, -0.2) is 9.37 Å². The number of rotatable bonds is 9. The number of pyridine rings is 1. The minimum absolute atomic E-state index is 0.0155. The number of ether oxygens (including phenoxy) is 1. The first-order valence-electron chi connectivity index (χ1n) is 10.8. The molecule has 1 heterocycles. The molecule has 1 saturated carbocycles. The molecule has 0 bridgehead atoms. The van der Waals surface area contributed by atoms with Gasteiger partial charge in [-0.3, -0.25) is 9.59 Å². The van der Waals surface area contributed by atoms with Crippen LogP contribution < -0.4 is 4.74 Å². The molecule has 0 amide bonds. The standard InChI is InChI=1S/C24H24ClF4NO3/c25-19-10-9-18(13-20(19)26)33-14-17(31)12-16-6-4-15(5-7-16)8-11-22(32)21-2-1-3-23(30-21)24(27,28)29/h1-3,9-10,13,15-16H,4-8,11-12,14H2. The van der Waals surface area contributed by atoms with Crippen LogP contribution in [0.5, 0.6) is 5.75 Å². The average molecular weight is 486 g/mol. The summed E-state index contributed by atoms with van der Waals surface area (Å²) in [5, 5.41) is -0.0155. The molecule has 2 aromatic rings. The van der Waals surface area contributed by atoms with Crippen molar-refractivity contribution in [3.63, 3.8) is 0 Å². The van der Waals surface area contributed by atoms with E-state index >= 15 is 0 Å². The van der Waals surface area contributed by atoms with Crippen molar-refractivity contribution in [2.75, 3.05) is 6.61 Å². The summed E-state index contributed by atoms with van der Waals surface area (Å²) in [5.41, 5.74) is -1.23. The van der Waals surface area contributed by atoms with Gasteiger partial charge in [-0.2, -0.15) is 13.2 Å². The van der Waals surface area contributed by atoms with Crippen molar-refractivity contribution in [1.29, 1.82) is 0 Å². The van der Waals surface area contributed by atoms with Gasteiger partial charge >= 0.3 is 6.18 Å². The Labute approximate surface area is 194 Å². The fourth-order valence-corrected chi connectivity index (χ4v) is 4.16. The Balaban J connectivity index is 1.38. The minimum atomic E-state index is -4.58. The maximum absolute atomic E-state index is 13.4. The molecule has 178 valence electrons. The molecule has 1 aromatic heterocycles. The minimum Gasteiger partial charge on any atom is -0.486 e. The largest absolute Gasteiger partial charge is 0.486 e. The summed E-state index contributed by atoms with van der Waals surface area (Å²) in [7, 11) is 0. The second-order valence-electron chi connectivity index (χ2n) is 8.36. The lowest BCUT2D eigenvalue weighted by atomic mass is 9.78. The zero-order valence-electron chi connectivity index (χ0n) is 17.8. The number of nitrogens with zero attached hydrogens (tertiary/aromatic N) is 1. The summed E-state index contributed by atoms with van der Waals surface area (Å²) in [6.45, 7) is -0.139. The zero-order valence-corrected chi connectivity index (χ0v) is 18.6. The quantitative estimate of drug-likeness (QED) is 0.293. The molecule has 3 rings (SSSR count). The first-order valence-corrected chi connectivity index (χ1v) is 11.2. The molecule has 0 spiro atoms. The summed E-state index contributed by atoms with van der Waals surface area (Å²) in [5.74, 6) is -0.315. The molecule has 0 atom stereocenters. The van der Waals surface area contributed by atoms with Gasteiger partial charge in [0.15, 0.2) is 11.6 Å². The van der Waals surface area contributed by atoms with Gasteiger partial charge in [0.1, 0.15) is 29.6 Å². The molecule has 0 radical (unpaired) electrons. The van der Waals surface area contributed by atoms with Crippen LogP contribution in [0.3, 0.4) is 0 Å². The maximum Gasteiger partial charge on any atom is 0.433 e. The van der Waals surface area contributed by atoms with Gasteiger partial charge in [0, 0.05) is 18.9 Å². The second-order valence-corrected chi connectivity index (χ2v) is 8.77. The summed E-state index contributed by atoms with van der Waals surface area (Å²) in [6.07, 6.45) is -0.103. The number of alkyl halides is 3. The molecular weight excluding hydrogens is 462 g/mol. The van der Waals surface area contributed by atoms with E-state index in [2.05, 4.69) is 4.98 Å². The van der Waals surface area contributed by atoms with Crippen molar-refractivity contribution in [1.82, 2.24) is 4.98 Å². The van der Waals surface area contributed by atoms with Gasteiger partial charge in [0.25, 0.3) is 0 Å². The Morgan fingerprint density at radius 2 is 1.76 bits per heavy atom. The van der Waals surface area contributed by atoms with Crippen LogP contribution in [0.4, 0.5) is 17.6 Å². The van der Waals surface area contributed by atoms with E-state index in [4.69, 9.17) is 16.3 Å². The van der Waals surface area contributed by atoms with Crippen LogP contribution in [0.25, 0.3) is 0 Å². The molecule has 33 heavy (non-hydrogen) atoms. The smallest absolute Gasteiger partial charge is 0.433 e. The van der Waals surface area contributed by atoms with Gasteiger partial charge < -0.3 is 4.74 Å². The number of benzene rings is 1. The second kappa shape index (κ2) is 11.1. The molecule has 1 aromatic carbocycles. The number of hydrogen-bond donors (Lipinski definition) is 0. The SMILES string of the molecule is O=C(COc1ccc(Cl)c(F)c1)CC1CCC(CCC(=O)c2cccc(C(F)(F)F)n2)CC1. The highest BCUT2D eigenvalue weighted by Crippen LogP contribution is 2.34. The average Bonchev–Trinajstić information content (AvgIpc) is 2.78. The first kappa shape index (κ1) is 25.1. The molecular formula is C24H24ClF4NO3. The number of carbonyl (C=O) groups is 2. The zero-order chi connectivity index (χ0) is 24.0. The number of Topliss-reactive ketones (excluding diaryl/α,β-unsaturated/α-hetero) is 2. The highest BCUT2D eigenvalue weighted by atomic mass is 35.5. The van der Waals surface area contributed by atoms with Crippen LogP contribution in [0.15, 0.2) is 36.4 Å². The van der Waals surface area contributed by atoms with E-state index in [1.54, 1.807) is 0 Å². The lowest BCUT2D eigenvalue weighted by Gasteiger charge is -2.28. The number of carbonyl (C=O) groups excluding carboxylic acids is 2. The molecule has 1 aliphatic rings. The third-order valence-corrected chi connectivity index (χ3v) is 6.18. The third kappa shape index (κ3) is 7.52. The summed E-state index contributed by atoms with van der Waals surface area (Å²) in [6, 6.07) is 7.35. The van der Waals surface area contributed by atoms with E-state index in [9.17, 15) is 27.2 Å². The van der Waals surface area contributed by atoms with E-state index in [1.165, 1.54) is 24.3 Å². The number of hydrogen-bond acceptors (Lipinski definition) is 4. The molecule has 9 heteroatoms. The van der Waals surface area contributed by atoms with Crippen molar-refractivity contribution in [2.45, 2.75) is 51.1 Å². The van der Waals surface area contributed by atoms with Gasteiger partial charge in [-0.15, -0.1) is 0 Å². The highest BCUT2D eigenvalue weighted by molar-refractivity contribution is 6.30. The molecule has 0 unspecified atom stereocenters. The van der Waals surface area contributed by atoms with Crippen LogP contribution in [0.1, 0.15) is 61.1 Å². The molecule has 0 saturated heterocycles. The topological polar surface area (TPSA) is 56.3 Å². The van der Waals surface area contributed by atoms with Gasteiger partial charge in [-0.1, -0.05) is 30.5 Å². The molecule has 0 aliphatic heterocycles. The lowest BCUT2D eigenvalue weighted by Crippen LogP contribution is -2.21. The van der Waals surface area contributed by atoms with Crippen LogP contribution in [-0.4, -0.2) is 23.2 Å². The predicted octanol–water partition coefficient (Wildman–Crippen LogP) is 6.70. The Bertz CT molecular complexity index is 988. The van der Waals surface area contributed by atoms with E-state index in [0.717, 1.165) is 37.8 Å². The summed E-state index contributed by atoms with van der Waals surface area (Å²) in [4.78, 5) is 27.9. The van der Waals surface area contributed by atoms with Gasteiger partial charge in [0.2, 0.25) is 0 Å². The number of aromatic nitrogens is 1. The van der Waals surface area contributed by atoms with Crippen LogP contribution in [0.2, 0.25) is 5.02 Å². The summed E-state index contributed by atoms with van der Waals surface area (Å²) >= 11 is 5.62. The molecule has 4 nitrogen and oxygen atoms in total. The van der Waals surface area contributed by atoms with E-state index < -0.39 is 23.5 Å². The van der Waals surface area contributed by atoms with Crippen LogP contribution >= 0.6 is 11.6 Å². The van der Waals surface area contributed by atoms with Crippen molar-refractivity contribution in [3.8, 4) is 5.75 Å². The van der Waals surface area contributed by atoms with Gasteiger partial charge in [-0.05, 0) is 55.4 Å². The Hall–Kier alpha value is -2.48. The Morgan fingerprint density at radius 3 is 2.42 bits per heavy atom. The fraction of sp³-hybridized carbons (Fsp3) is 0.458. The van der Waals surface area contributed by atoms with Crippen LogP contribution in [0, 0.1) is 17.7 Å². The number of halogens is 5. The molecule has 1 aliphatic carbocycles. The van der Waals surface area contributed by atoms with Crippen molar-refractivity contribution in [2.24, 2.45) is 11.8 Å². The van der Waals surface area contributed by atoms with Crippen molar-refractivity contribution >= 4 is 23.2 Å². The third-order valence-electron chi connectivity index (χ3n) is 5.88. The molecule has 0 N–H and O–H groups in total. The number of ketones is 2. The first-order chi connectivity index (χ1) is 15.6. The maximum atomic E-state index is 13.4. The van der Waals surface area contributed by atoms with Crippen LogP contribution in [-0.2, 0) is 11.0 Å². The fourth-order valence-electron chi connectivity index (χ4n) is 4.05. The van der Waals surface area contributed by atoms with E-state index in [0.29, 0.717) is 18.8 Å². The molecule has 1 fully saturated rings. The van der Waals surface area contributed by atoms with E-state index in [1.807, 2.05) is 0 Å². The lowest BCUT2D eigenvalue weighted by molar-refractivity contribution is -0.141. The highest BCUT2D eigenvalue weighted by Gasteiger charge is 2.33. The Morgan fingerprint density at radius 1 is 1.06 bits per heavy atom. The predicted molar refractivity (Wildman–Crippen MR) is 115 cm³/mol. The normalized spacial score (nSPS) is 18.7. The monoisotopic (exact) mass is 485 g/mol. The van der Waals surface area contributed by atoms with Crippen molar-refractivity contribution < 1.29 is 31.9 Å². The van der Waals surface area contributed by atoms with Gasteiger partial charge in [0.05, 0.1) is 5.02 Å². The van der Waals surface area contributed by atoms with E-state index in [-0.39, 0.29) is 41.2 Å². The summed E-state index contributed by atoms with van der Waals surface area (Å²) < 4.78 is 57.1. The Kier molecular flexibility index (Phi) is 8.46. The van der Waals surface area contributed by atoms with Crippen molar-refractivity contribution in [3.05, 3.63) is 58.6 Å².